The maximum absolute atomic E-state index is 12.8. The second-order valence-corrected chi connectivity index (χ2v) is 10.1. The average molecular weight is 507 g/mol. The third-order valence-electron chi connectivity index (χ3n) is 5.53. The van der Waals surface area contributed by atoms with Gasteiger partial charge in [0.1, 0.15) is 12.6 Å². The van der Waals surface area contributed by atoms with Gasteiger partial charge >= 0.3 is 6.03 Å². The van der Waals surface area contributed by atoms with E-state index in [2.05, 4.69) is 10.6 Å². The zero-order valence-corrected chi connectivity index (χ0v) is 20.5. The Morgan fingerprint density at radius 1 is 1.12 bits per heavy atom. The fraction of sp³-hybridized carbons (Fsp3) is 0.348. The number of nitrogens with zero attached hydrogens (tertiary/aromatic N) is 2. The number of urea groups is 1. The third kappa shape index (κ3) is 5.75. The molecule has 34 heavy (non-hydrogen) atoms. The quantitative estimate of drug-likeness (QED) is 0.481. The Balaban J connectivity index is 1.66. The Morgan fingerprint density at radius 3 is 2.44 bits per heavy atom. The van der Waals surface area contributed by atoms with Crippen molar-refractivity contribution in [1.29, 1.82) is 0 Å². The lowest BCUT2D eigenvalue weighted by Crippen LogP contribution is -2.38. The Labute approximate surface area is 204 Å². The molecule has 0 unspecified atom stereocenters. The maximum atomic E-state index is 12.8. The van der Waals surface area contributed by atoms with E-state index in [9.17, 15) is 22.8 Å². The van der Waals surface area contributed by atoms with Crippen molar-refractivity contribution in [2.45, 2.75) is 37.6 Å². The summed E-state index contributed by atoms with van der Waals surface area (Å²) in [5.74, 6) is -1.16. The highest BCUT2D eigenvalue weighted by atomic mass is 35.5. The Kier molecular flexibility index (Phi) is 8.29. The molecule has 0 bridgehead atoms. The van der Waals surface area contributed by atoms with Crippen LogP contribution in [-0.4, -0.2) is 61.1 Å². The molecule has 11 heteroatoms. The smallest absolute Gasteiger partial charge is 0.325 e. The molecule has 3 rings (SSSR count). The van der Waals surface area contributed by atoms with E-state index >= 15 is 0 Å². The molecule has 0 saturated carbocycles. The van der Waals surface area contributed by atoms with Crippen LogP contribution in [0.3, 0.4) is 0 Å². The molecule has 9 nitrogen and oxygen atoms in total. The van der Waals surface area contributed by atoms with E-state index < -0.39 is 40.5 Å². The molecule has 4 amide bonds. The molecule has 2 N–H and O–H groups in total. The number of nitrogens with one attached hydrogen (secondary N) is 2. The summed E-state index contributed by atoms with van der Waals surface area (Å²) < 4.78 is 26.8. The monoisotopic (exact) mass is 506 g/mol. The van der Waals surface area contributed by atoms with E-state index in [0.29, 0.717) is 25.9 Å². The van der Waals surface area contributed by atoms with Crippen LogP contribution < -0.4 is 10.6 Å². The van der Waals surface area contributed by atoms with Gasteiger partial charge in [-0.2, -0.15) is 4.31 Å². The van der Waals surface area contributed by atoms with Gasteiger partial charge in [0.15, 0.2) is 0 Å². The number of aryl methyl sites for hydroxylation is 1. The topological polar surface area (TPSA) is 116 Å². The first-order chi connectivity index (χ1) is 16.2. The first-order valence-corrected chi connectivity index (χ1v) is 12.7. The highest BCUT2D eigenvalue weighted by Gasteiger charge is 2.38. The van der Waals surface area contributed by atoms with Gasteiger partial charge in [0.2, 0.25) is 15.9 Å². The van der Waals surface area contributed by atoms with Gasteiger partial charge in [-0.05, 0) is 36.6 Å². The molecule has 0 aliphatic carbocycles. The molecule has 0 spiro atoms. The summed E-state index contributed by atoms with van der Waals surface area (Å²) in [4.78, 5) is 38.4. The summed E-state index contributed by atoms with van der Waals surface area (Å²) in [6, 6.07) is 12.2. The van der Waals surface area contributed by atoms with E-state index in [1.807, 2.05) is 30.3 Å². The lowest BCUT2D eigenvalue weighted by Gasteiger charge is -2.19. The Hall–Kier alpha value is -2.95. The molecule has 1 fully saturated rings. The standard InChI is InChI=1S/C23H27ClN4O5S/c1-3-27(4-2)34(32,33)17-11-12-18(24)20(14-17)25-21(29)15-28-22(30)19(26-23(28)31)13-10-16-8-6-5-7-9-16/h5-9,11-12,14,19H,3-4,10,13,15H2,1-2H3,(H,25,29)(H,26,31)/t19-/m1/s1. The van der Waals surface area contributed by atoms with E-state index in [0.717, 1.165) is 10.5 Å². The summed E-state index contributed by atoms with van der Waals surface area (Å²) in [6.45, 7) is 3.52. The normalized spacial score (nSPS) is 16.1. The molecule has 2 aromatic carbocycles. The highest BCUT2D eigenvalue weighted by molar-refractivity contribution is 7.89. The molecule has 182 valence electrons. The number of hydrogen-bond acceptors (Lipinski definition) is 5. The lowest BCUT2D eigenvalue weighted by molar-refractivity contribution is -0.130. The number of rotatable bonds is 10. The minimum Gasteiger partial charge on any atom is -0.326 e. The van der Waals surface area contributed by atoms with Gasteiger partial charge in [0.25, 0.3) is 5.91 Å². The van der Waals surface area contributed by atoms with Crippen molar-refractivity contribution in [2.24, 2.45) is 0 Å². The number of halogens is 1. The predicted octanol–water partition coefficient (Wildman–Crippen LogP) is 2.86. The van der Waals surface area contributed by atoms with Gasteiger partial charge in [0.05, 0.1) is 15.6 Å². The van der Waals surface area contributed by atoms with Crippen molar-refractivity contribution in [3.8, 4) is 0 Å². The molecule has 2 aromatic rings. The fourth-order valence-corrected chi connectivity index (χ4v) is 5.33. The van der Waals surface area contributed by atoms with Gasteiger partial charge in [-0.25, -0.2) is 13.2 Å². The largest absolute Gasteiger partial charge is 0.326 e. The number of anilines is 1. The summed E-state index contributed by atoms with van der Waals surface area (Å²) in [5.41, 5.74) is 1.11. The van der Waals surface area contributed by atoms with E-state index in [1.54, 1.807) is 13.8 Å². The molecular weight excluding hydrogens is 480 g/mol. The number of amides is 4. The van der Waals surface area contributed by atoms with Crippen LogP contribution in [0.25, 0.3) is 0 Å². The fourth-order valence-electron chi connectivity index (χ4n) is 3.68. The van der Waals surface area contributed by atoms with E-state index in [-0.39, 0.29) is 15.6 Å². The van der Waals surface area contributed by atoms with Gasteiger partial charge in [0, 0.05) is 13.1 Å². The molecule has 1 heterocycles. The van der Waals surface area contributed by atoms with Crippen LogP contribution >= 0.6 is 11.6 Å². The summed E-state index contributed by atoms with van der Waals surface area (Å²) in [6.07, 6.45) is 1.00. The minimum absolute atomic E-state index is 0.0214. The zero-order chi connectivity index (χ0) is 24.9. The van der Waals surface area contributed by atoms with Crippen LogP contribution in [-0.2, 0) is 26.0 Å². The molecule has 1 saturated heterocycles. The minimum atomic E-state index is -3.76. The van der Waals surface area contributed by atoms with Crippen LogP contribution in [0.5, 0.6) is 0 Å². The number of carbonyl (C=O) groups excluding carboxylic acids is 3. The van der Waals surface area contributed by atoms with Crippen LogP contribution in [0.1, 0.15) is 25.8 Å². The van der Waals surface area contributed by atoms with Crippen molar-refractivity contribution < 1.29 is 22.8 Å². The van der Waals surface area contributed by atoms with Gasteiger partial charge in [-0.1, -0.05) is 55.8 Å². The van der Waals surface area contributed by atoms with Crippen LogP contribution in [0.15, 0.2) is 53.4 Å². The van der Waals surface area contributed by atoms with Crippen LogP contribution in [0.2, 0.25) is 5.02 Å². The van der Waals surface area contributed by atoms with Crippen molar-refractivity contribution in [3.05, 3.63) is 59.1 Å². The number of sulfonamides is 1. The molecular formula is C23H27ClN4O5S. The number of hydrogen-bond donors (Lipinski definition) is 2. The molecule has 0 radical (unpaired) electrons. The second-order valence-electron chi connectivity index (χ2n) is 7.73. The van der Waals surface area contributed by atoms with Gasteiger partial charge < -0.3 is 10.6 Å². The Morgan fingerprint density at radius 2 is 1.79 bits per heavy atom. The second kappa shape index (κ2) is 11.0. The van der Waals surface area contributed by atoms with Gasteiger partial charge in [-0.3, -0.25) is 14.5 Å². The zero-order valence-electron chi connectivity index (χ0n) is 19.0. The third-order valence-corrected chi connectivity index (χ3v) is 7.90. The van der Waals surface area contributed by atoms with Crippen molar-refractivity contribution in [3.63, 3.8) is 0 Å². The van der Waals surface area contributed by atoms with Crippen molar-refractivity contribution in [1.82, 2.24) is 14.5 Å². The summed E-state index contributed by atoms with van der Waals surface area (Å²) in [7, 11) is -3.76. The summed E-state index contributed by atoms with van der Waals surface area (Å²) >= 11 is 6.15. The van der Waals surface area contributed by atoms with Gasteiger partial charge in [-0.15, -0.1) is 0 Å². The summed E-state index contributed by atoms with van der Waals surface area (Å²) in [5, 5.41) is 5.25. The molecule has 1 atom stereocenters. The van der Waals surface area contributed by atoms with Crippen molar-refractivity contribution >= 4 is 45.2 Å². The molecule has 1 aliphatic heterocycles. The predicted molar refractivity (Wildman–Crippen MR) is 129 cm³/mol. The average Bonchev–Trinajstić information content (AvgIpc) is 3.07. The number of imide groups is 1. The maximum Gasteiger partial charge on any atom is 0.325 e. The SMILES string of the molecule is CCN(CC)S(=O)(=O)c1ccc(Cl)c(NC(=O)CN2C(=O)N[C@H](CCc3ccccc3)C2=O)c1. The van der Waals surface area contributed by atoms with E-state index in [1.165, 1.54) is 22.5 Å². The van der Waals surface area contributed by atoms with Crippen LogP contribution in [0.4, 0.5) is 10.5 Å². The lowest BCUT2D eigenvalue weighted by atomic mass is 10.1. The highest BCUT2D eigenvalue weighted by Crippen LogP contribution is 2.27. The van der Waals surface area contributed by atoms with Crippen LogP contribution in [0, 0.1) is 0 Å². The van der Waals surface area contributed by atoms with Crippen molar-refractivity contribution in [2.75, 3.05) is 25.0 Å². The first kappa shape index (κ1) is 25.7. The Bertz CT molecular complexity index is 1170. The molecule has 0 aromatic heterocycles. The molecule has 1 aliphatic rings. The van der Waals surface area contributed by atoms with E-state index in [4.69, 9.17) is 11.6 Å². The number of benzene rings is 2. The first-order valence-electron chi connectivity index (χ1n) is 10.9. The number of carbonyl (C=O) groups is 3.